The molecule has 0 fully saturated rings. The number of aromatic amines is 1. The number of nitrogens with one attached hydrogen (secondary N) is 1. The molecule has 7 nitrogen and oxygen atoms in total. The third-order valence-corrected chi connectivity index (χ3v) is 8.56. The number of H-pyrrole nitrogens is 1. The van der Waals surface area contributed by atoms with Crippen LogP contribution in [0.4, 0.5) is 5.69 Å². The van der Waals surface area contributed by atoms with E-state index in [4.69, 9.17) is 0 Å². The fourth-order valence-corrected chi connectivity index (χ4v) is 6.30. The number of sulfonamides is 1. The van der Waals surface area contributed by atoms with E-state index in [1.165, 1.54) is 16.4 Å². The van der Waals surface area contributed by atoms with Gasteiger partial charge in [-0.05, 0) is 72.2 Å². The fourth-order valence-electron chi connectivity index (χ4n) is 4.72. The number of rotatable bonds is 3. The van der Waals surface area contributed by atoms with Crippen molar-refractivity contribution in [1.29, 1.82) is 0 Å². The Morgan fingerprint density at radius 2 is 1.67 bits per heavy atom. The summed E-state index contributed by atoms with van der Waals surface area (Å²) in [7, 11) is -3.95. The van der Waals surface area contributed by atoms with Gasteiger partial charge in [0.25, 0.3) is 15.6 Å². The largest absolute Gasteiger partial charge is 0.333 e. The van der Waals surface area contributed by atoms with Crippen LogP contribution in [0.5, 0.6) is 0 Å². The first-order chi connectivity index (χ1) is 17.1. The predicted molar refractivity (Wildman–Crippen MR) is 143 cm³/mol. The van der Waals surface area contributed by atoms with Crippen LogP contribution in [0.25, 0.3) is 16.6 Å². The first kappa shape index (κ1) is 24.1. The molecule has 0 atom stereocenters. The second kappa shape index (κ2) is 8.78. The summed E-state index contributed by atoms with van der Waals surface area (Å²) in [5.74, 6) is 0. The molecule has 1 N–H and O–H groups in total. The molecule has 0 unspecified atom stereocenters. The number of anilines is 1. The van der Waals surface area contributed by atoms with Gasteiger partial charge in [0.05, 0.1) is 27.2 Å². The van der Waals surface area contributed by atoms with Crippen molar-refractivity contribution in [2.45, 2.75) is 50.3 Å². The van der Waals surface area contributed by atoms with Gasteiger partial charge < -0.3 is 4.98 Å². The summed E-state index contributed by atoms with van der Waals surface area (Å²) in [6.07, 6.45) is 2.45. The zero-order chi connectivity index (χ0) is 25.7. The van der Waals surface area contributed by atoms with Crippen LogP contribution in [0.15, 0.2) is 81.2 Å². The molecule has 2 heterocycles. The monoisotopic (exact) mass is 503 g/mol. The summed E-state index contributed by atoms with van der Waals surface area (Å²) in [5.41, 5.74) is 2.14. The van der Waals surface area contributed by atoms with Gasteiger partial charge in [-0.1, -0.05) is 51.1 Å². The average Bonchev–Trinajstić information content (AvgIpc) is 3.06. The van der Waals surface area contributed by atoms with E-state index >= 15 is 0 Å². The minimum Gasteiger partial charge on any atom is -0.306 e. The van der Waals surface area contributed by atoms with Gasteiger partial charge in [0.1, 0.15) is 0 Å². The third kappa shape index (κ3) is 4.15. The molecule has 8 heteroatoms. The van der Waals surface area contributed by atoms with Crippen LogP contribution in [0, 0.1) is 0 Å². The SMILES string of the molecule is CC(C)(C)c1ccc2c(c1)N(S(=O)(=O)c1cccc(-n3c(=O)[nH]c4ccccc4c3=O)c1)CCCC2. The summed E-state index contributed by atoms with van der Waals surface area (Å²) in [6, 6.07) is 18.9. The Hall–Kier alpha value is -3.65. The molecule has 0 saturated carbocycles. The van der Waals surface area contributed by atoms with Crippen LogP contribution in [0.2, 0.25) is 0 Å². The molecule has 0 amide bonds. The highest BCUT2D eigenvalue weighted by atomic mass is 32.2. The second-order valence-electron chi connectivity index (χ2n) is 10.2. The molecule has 36 heavy (non-hydrogen) atoms. The molecule has 0 bridgehead atoms. The molecule has 1 aromatic heterocycles. The van der Waals surface area contributed by atoms with Crippen molar-refractivity contribution in [3.05, 3.63) is 98.7 Å². The van der Waals surface area contributed by atoms with Crippen LogP contribution in [-0.2, 0) is 21.9 Å². The van der Waals surface area contributed by atoms with E-state index in [0.29, 0.717) is 23.1 Å². The number of aryl methyl sites for hydroxylation is 1. The molecule has 0 spiro atoms. The average molecular weight is 504 g/mol. The number of fused-ring (bicyclic) bond motifs is 2. The van der Waals surface area contributed by atoms with E-state index in [1.807, 2.05) is 12.1 Å². The lowest BCUT2D eigenvalue weighted by atomic mass is 9.86. The van der Waals surface area contributed by atoms with E-state index in [1.54, 1.807) is 36.4 Å². The maximum absolute atomic E-state index is 14.0. The first-order valence-corrected chi connectivity index (χ1v) is 13.5. The van der Waals surface area contributed by atoms with Crippen LogP contribution >= 0.6 is 0 Å². The number of hydrogen-bond acceptors (Lipinski definition) is 4. The van der Waals surface area contributed by atoms with Crippen LogP contribution in [0.3, 0.4) is 0 Å². The molecule has 0 saturated heterocycles. The summed E-state index contributed by atoms with van der Waals surface area (Å²) < 4.78 is 30.4. The molecule has 5 rings (SSSR count). The van der Waals surface area contributed by atoms with E-state index in [9.17, 15) is 18.0 Å². The quantitative estimate of drug-likeness (QED) is 0.445. The van der Waals surface area contributed by atoms with Crippen LogP contribution in [0.1, 0.15) is 44.7 Å². The standard InChI is InChI=1S/C28H29N3O4S/c1-28(2,3)20-15-14-19-9-6-7-16-30(25(19)17-20)36(34,35)22-11-8-10-21(18-22)31-26(32)23-12-4-5-13-24(23)29-27(31)33/h4-5,8,10-15,17-18H,6-7,9,16H2,1-3H3,(H,29,33). The smallest absolute Gasteiger partial charge is 0.306 e. The number of nitrogens with zero attached hydrogens (tertiary/aromatic N) is 2. The highest BCUT2D eigenvalue weighted by Crippen LogP contribution is 2.35. The molecule has 0 radical (unpaired) electrons. The third-order valence-electron chi connectivity index (χ3n) is 6.75. The van der Waals surface area contributed by atoms with Crippen molar-refractivity contribution < 1.29 is 8.42 Å². The number of hydrogen-bond donors (Lipinski definition) is 1. The lowest BCUT2D eigenvalue weighted by Crippen LogP contribution is -2.34. The Labute approximate surface area is 210 Å². The topological polar surface area (TPSA) is 92.2 Å². The highest BCUT2D eigenvalue weighted by molar-refractivity contribution is 7.92. The number of aromatic nitrogens is 2. The summed E-state index contributed by atoms with van der Waals surface area (Å²) in [5, 5.41) is 0.349. The summed E-state index contributed by atoms with van der Waals surface area (Å²) in [6.45, 7) is 6.68. The maximum Gasteiger partial charge on any atom is 0.333 e. The second-order valence-corrected chi connectivity index (χ2v) is 12.1. The van der Waals surface area contributed by atoms with E-state index < -0.39 is 21.3 Å². The van der Waals surface area contributed by atoms with Gasteiger partial charge >= 0.3 is 5.69 Å². The van der Waals surface area contributed by atoms with Gasteiger partial charge in [0.2, 0.25) is 0 Å². The molecule has 3 aromatic carbocycles. The van der Waals surface area contributed by atoms with Gasteiger partial charge in [-0.3, -0.25) is 9.10 Å². The van der Waals surface area contributed by atoms with Gasteiger partial charge in [-0.15, -0.1) is 0 Å². The highest BCUT2D eigenvalue weighted by Gasteiger charge is 2.30. The van der Waals surface area contributed by atoms with Crippen molar-refractivity contribution >= 4 is 26.6 Å². The van der Waals surface area contributed by atoms with Gasteiger partial charge in [-0.25, -0.2) is 17.8 Å². The first-order valence-electron chi connectivity index (χ1n) is 12.1. The van der Waals surface area contributed by atoms with E-state index in [0.717, 1.165) is 35.0 Å². The summed E-state index contributed by atoms with van der Waals surface area (Å²) in [4.78, 5) is 28.7. The van der Waals surface area contributed by atoms with Crippen molar-refractivity contribution in [3.63, 3.8) is 0 Å². The van der Waals surface area contributed by atoms with Crippen molar-refractivity contribution in [2.24, 2.45) is 0 Å². The molecular weight excluding hydrogens is 474 g/mol. The maximum atomic E-state index is 14.0. The lowest BCUT2D eigenvalue weighted by molar-refractivity contribution is 0.585. The molecular formula is C28H29N3O4S. The van der Waals surface area contributed by atoms with Crippen molar-refractivity contribution in [1.82, 2.24) is 9.55 Å². The summed E-state index contributed by atoms with van der Waals surface area (Å²) >= 11 is 0. The van der Waals surface area contributed by atoms with Crippen LogP contribution < -0.4 is 15.6 Å². The van der Waals surface area contributed by atoms with E-state index in [2.05, 4.69) is 31.8 Å². The van der Waals surface area contributed by atoms with Crippen molar-refractivity contribution in [3.8, 4) is 5.69 Å². The Bertz CT molecular complexity index is 1690. The van der Waals surface area contributed by atoms with E-state index in [-0.39, 0.29) is 16.0 Å². The van der Waals surface area contributed by atoms with Crippen LogP contribution in [-0.4, -0.2) is 24.5 Å². The van der Waals surface area contributed by atoms with Gasteiger partial charge in [-0.2, -0.15) is 0 Å². The van der Waals surface area contributed by atoms with Crippen molar-refractivity contribution in [2.75, 3.05) is 10.8 Å². The Morgan fingerprint density at radius 3 is 2.44 bits per heavy atom. The molecule has 0 aliphatic carbocycles. The molecule has 1 aliphatic heterocycles. The molecule has 4 aromatic rings. The molecule has 186 valence electrons. The van der Waals surface area contributed by atoms with Gasteiger partial charge in [0.15, 0.2) is 0 Å². The minimum absolute atomic E-state index is 0.0356. The molecule has 1 aliphatic rings. The fraction of sp³-hybridized carbons (Fsp3) is 0.286. The zero-order valence-electron chi connectivity index (χ0n) is 20.6. The Balaban J connectivity index is 1.65. The zero-order valence-corrected chi connectivity index (χ0v) is 21.4. The number of benzene rings is 3. The Kier molecular flexibility index (Phi) is 5.87. The number of para-hydroxylation sites is 1. The van der Waals surface area contributed by atoms with Gasteiger partial charge in [0, 0.05) is 6.54 Å². The normalized spacial score (nSPS) is 14.5. The minimum atomic E-state index is -3.95. The predicted octanol–water partition coefficient (Wildman–Crippen LogP) is 4.51. The lowest BCUT2D eigenvalue weighted by Gasteiger charge is -2.27. The Morgan fingerprint density at radius 1 is 0.889 bits per heavy atom.